The van der Waals surface area contributed by atoms with E-state index in [0.29, 0.717) is 13.2 Å². The van der Waals surface area contributed by atoms with Crippen molar-refractivity contribution in [1.82, 2.24) is 4.90 Å². The highest BCUT2D eigenvalue weighted by atomic mass is 16.6. The fourth-order valence-corrected chi connectivity index (χ4v) is 2.75. The minimum atomic E-state index is 0.274. The number of hydrogen-bond acceptors (Lipinski definition) is 5. The Morgan fingerprint density at radius 3 is 2.75 bits per heavy atom. The third-order valence-electron chi connectivity index (χ3n) is 3.73. The molecule has 110 valence electrons. The number of anilines is 1. The molecule has 0 bridgehead atoms. The molecule has 1 aromatic carbocycles. The predicted octanol–water partition coefficient (Wildman–Crippen LogP) is 1.65. The second-order valence-electron chi connectivity index (χ2n) is 5.46. The summed E-state index contributed by atoms with van der Waals surface area (Å²) in [5, 5.41) is 0. The smallest absolute Gasteiger partial charge is 0.163 e. The molecule has 2 aliphatic heterocycles. The normalized spacial score (nSPS) is 23.4. The van der Waals surface area contributed by atoms with Crippen LogP contribution in [0.1, 0.15) is 18.9 Å². The van der Waals surface area contributed by atoms with Crippen LogP contribution in [0.4, 0.5) is 5.69 Å². The number of nitrogen functional groups attached to an aromatic ring is 1. The van der Waals surface area contributed by atoms with Crippen LogP contribution >= 0.6 is 0 Å². The molecule has 0 aromatic heterocycles. The average Bonchev–Trinajstić information content (AvgIpc) is 2.64. The van der Waals surface area contributed by atoms with Gasteiger partial charge in [0.25, 0.3) is 0 Å². The quantitative estimate of drug-likeness (QED) is 0.834. The van der Waals surface area contributed by atoms with E-state index in [1.165, 1.54) is 0 Å². The van der Waals surface area contributed by atoms with Crippen LogP contribution in [-0.2, 0) is 11.3 Å². The summed E-state index contributed by atoms with van der Waals surface area (Å²) in [7, 11) is 0. The molecule has 1 aromatic rings. The third kappa shape index (κ3) is 2.99. The lowest BCUT2D eigenvalue weighted by Crippen LogP contribution is -2.30. The van der Waals surface area contributed by atoms with Crippen LogP contribution in [0.2, 0.25) is 0 Å². The minimum Gasteiger partial charge on any atom is -0.486 e. The fraction of sp³-hybridized carbons (Fsp3) is 0.600. The van der Waals surface area contributed by atoms with Crippen molar-refractivity contribution in [3.05, 3.63) is 17.7 Å². The van der Waals surface area contributed by atoms with Gasteiger partial charge in [-0.15, -0.1) is 0 Å². The number of ether oxygens (including phenoxy) is 3. The zero-order valence-corrected chi connectivity index (χ0v) is 11.9. The number of fused-ring (bicyclic) bond motifs is 1. The van der Waals surface area contributed by atoms with Gasteiger partial charge in [-0.25, -0.2) is 0 Å². The summed E-state index contributed by atoms with van der Waals surface area (Å²) in [5.41, 5.74) is 8.01. The monoisotopic (exact) mass is 278 g/mol. The van der Waals surface area contributed by atoms with Crippen molar-refractivity contribution >= 4 is 5.69 Å². The van der Waals surface area contributed by atoms with Crippen molar-refractivity contribution in [2.45, 2.75) is 26.0 Å². The van der Waals surface area contributed by atoms with E-state index < -0.39 is 0 Å². The lowest BCUT2D eigenvalue weighted by atomic mass is 10.1. The summed E-state index contributed by atoms with van der Waals surface area (Å²) < 4.78 is 16.9. The number of nitrogens with two attached hydrogens (primary N) is 1. The molecular formula is C15H22N2O3. The second-order valence-corrected chi connectivity index (χ2v) is 5.46. The molecule has 1 fully saturated rings. The van der Waals surface area contributed by atoms with E-state index in [1.807, 2.05) is 12.1 Å². The predicted molar refractivity (Wildman–Crippen MR) is 77.2 cm³/mol. The van der Waals surface area contributed by atoms with E-state index in [-0.39, 0.29) is 6.10 Å². The molecule has 1 saturated heterocycles. The minimum absolute atomic E-state index is 0.274. The molecule has 20 heavy (non-hydrogen) atoms. The highest BCUT2D eigenvalue weighted by Crippen LogP contribution is 2.35. The third-order valence-corrected chi connectivity index (χ3v) is 3.73. The molecule has 1 atom stereocenters. The lowest BCUT2D eigenvalue weighted by molar-refractivity contribution is 0.0668. The Labute approximate surface area is 119 Å². The summed E-state index contributed by atoms with van der Waals surface area (Å²) in [6, 6.07) is 3.89. The van der Waals surface area contributed by atoms with Crippen molar-refractivity contribution in [2.75, 3.05) is 38.6 Å². The molecule has 0 radical (unpaired) electrons. The van der Waals surface area contributed by atoms with Crippen LogP contribution in [0.3, 0.4) is 0 Å². The maximum Gasteiger partial charge on any atom is 0.163 e. The molecular weight excluding hydrogens is 256 g/mol. The molecule has 2 N–H and O–H groups in total. The SMILES string of the molecule is CC1CN(Cc2cc3c(cc2N)OCCO3)CCCO1. The van der Waals surface area contributed by atoms with Gasteiger partial charge >= 0.3 is 0 Å². The summed E-state index contributed by atoms with van der Waals surface area (Å²) in [4.78, 5) is 2.39. The Morgan fingerprint density at radius 1 is 1.20 bits per heavy atom. The van der Waals surface area contributed by atoms with Gasteiger partial charge in [-0.05, 0) is 25.0 Å². The van der Waals surface area contributed by atoms with Crippen LogP contribution in [-0.4, -0.2) is 43.9 Å². The van der Waals surface area contributed by atoms with Crippen molar-refractivity contribution < 1.29 is 14.2 Å². The first-order valence-electron chi connectivity index (χ1n) is 7.24. The molecule has 0 amide bonds. The Bertz CT molecular complexity index is 478. The average molecular weight is 278 g/mol. The Morgan fingerprint density at radius 2 is 1.95 bits per heavy atom. The van der Waals surface area contributed by atoms with Gasteiger partial charge in [0.05, 0.1) is 6.10 Å². The van der Waals surface area contributed by atoms with Crippen molar-refractivity contribution in [1.29, 1.82) is 0 Å². The van der Waals surface area contributed by atoms with Crippen molar-refractivity contribution in [2.24, 2.45) is 0 Å². The molecule has 0 spiro atoms. The molecule has 3 rings (SSSR count). The molecule has 2 heterocycles. The van der Waals surface area contributed by atoms with Gasteiger partial charge in [-0.2, -0.15) is 0 Å². The molecule has 1 unspecified atom stereocenters. The van der Waals surface area contributed by atoms with Gasteiger partial charge in [-0.3, -0.25) is 4.90 Å². The second kappa shape index (κ2) is 5.89. The van der Waals surface area contributed by atoms with Crippen LogP contribution in [0, 0.1) is 0 Å². The topological polar surface area (TPSA) is 57.0 Å². The largest absolute Gasteiger partial charge is 0.486 e. The van der Waals surface area contributed by atoms with E-state index in [9.17, 15) is 0 Å². The van der Waals surface area contributed by atoms with Gasteiger partial charge in [0.15, 0.2) is 11.5 Å². The highest BCUT2D eigenvalue weighted by molar-refractivity contribution is 5.58. The Hall–Kier alpha value is -1.46. The maximum atomic E-state index is 6.14. The fourth-order valence-electron chi connectivity index (χ4n) is 2.75. The first-order valence-corrected chi connectivity index (χ1v) is 7.24. The van der Waals surface area contributed by atoms with Crippen molar-refractivity contribution in [3.8, 4) is 11.5 Å². The van der Waals surface area contributed by atoms with Gasteiger partial charge in [0.2, 0.25) is 0 Å². The standard InChI is InChI=1S/C15H22N2O3/c1-11-9-17(3-2-4-18-11)10-12-7-14-15(8-13(12)16)20-6-5-19-14/h7-8,11H,2-6,9-10,16H2,1H3. The number of benzene rings is 1. The summed E-state index contributed by atoms with van der Waals surface area (Å²) in [6.45, 7) is 6.96. The Balaban J connectivity index is 1.76. The number of nitrogens with zero attached hydrogens (tertiary/aromatic N) is 1. The van der Waals surface area contributed by atoms with Gasteiger partial charge in [0, 0.05) is 38.0 Å². The van der Waals surface area contributed by atoms with Crippen LogP contribution < -0.4 is 15.2 Å². The van der Waals surface area contributed by atoms with Crippen LogP contribution in [0.5, 0.6) is 11.5 Å². The Kier molecular flexibility index (Phi) is 3.98. The van der Waals surface area contributed by atoms with E-state index in [0.717, 1.165) is 55.4 Å². The maximum absolute atomic E-state index is 6.14. The molecule has 5 nitrogen and oxygen atoms in total. The van der Waals surface area contributed by atoms with E-state index in [2.05, 4.69) is 11.8 Å². The summed E-state index contributed by atoms with van der Waals surface area (Å²) >= 11 is 0. The lowest BCUT2D eigenvalue weighted by Gasteiger charge is -2.24. The van der Waals surface area contributed by atoms with E-state index >= 15 is 0 Å². The van der Waals surface area contributed by atoms with Gasteiger partial charge in [-0.1, -0.05) is 0 Å². The van der Waals surface area contributed by atoms with Gasteiger partial charge in [0.1, 0.15) is 13.2 Å². The zero-order chi connectivity index (χ0) is 13.9. The van der Waals surface area contributed by atoms with Crippen LogP contribution in [0.25, 0.3) is 0 Å². The van der Waals surface area contributed by atoms with Crippen LogP contribution in [0.15, 0.2) is 12.1 Å². The van der Waals surface area contributed by atoms with E-state index in [1.54, 1.807) is 0 Å². The summed E-state index contributed by atoms with van der Waals surface area (Å²) in [6.07, 6.45) is 1.34. The molecule has 0 aliphatic carbocycles. The highest BCUT2D eigenvalue weighted by Gasteiger charge is 2.19. The number of rotatable bonds is 2. The van der Waals surface area contributed by atoms with Crippen molar-refractivity contribution in [3.63, 3.8) is 0 Å². The zero-order valence-electron chi connectivity index (χ0n) is 11.9. The molecule has 5 heteroatoms. The van der Waals surface area contributed by atoms with Gasteiger partial charge < -0.3 is 19.9 Å². The first-order chi connectivity index (χ1) is 9.72. The van der Waals surface area contributed by atoms with E-state index in [4.69, 9.17) is 19.9 Å². The molecule has 0 saturated carbocycles. The molecule has 2 aliphatic rings. The first kappa shape index (κ1) is 13.5. The summed E-state index contributed by atoms with van der Waals surface area (Å²) in [5.74, 6) is 1.56. The number of hydrogen-bond donors (Lipinski definition) is 1.